The van der Waals surface area contributed by atoms with Gasteiger partial charge in [-0.25, -0.2) is 9.97 Å². The van der Waals surface area contributed by atoms with Crippen molar-refractivity contribution in [1.82, 2.24) is 14.9 Å². The Kier molecular flexibility index (Phi) is 5.43. The van der Waals surface area contributed by atoms with Gasteiger partial charge in [-0.15, -0.1) is 11.3 Å². The summed E-state index contributed by atoms with van der Waals surface area (Å²) in [5.74, 6) is 0.538. The first kappa shape index (κ1) is 17.5. The van der Waals surface area contributed by atoms with Gasteiger partial charge in [0.1, 0.15) is 11.5 Å². The number of hydrogen-bond acceptors (Lipinski definition) is 5. The molecule has 7 heteroatoms. The third-order valence-corrected chi connectivity index (χ3v) is 5.29. The summed E-state index contributed by atoms with van der Waals surface area (Å²) in [4.78, 5) is 35.4. The van der Waals surface area contributed by atoms with Crippen LogP contribution >= 0.6 is 11.3 Å². The highest BCUT2D eigenvalue weighted by Crippen LogP contribution is 2.22. The maximum absolute atomic E-state index is 12.5. The standard InChI is InChI=1S/C18H22N4O2S/c1-12-20-14(9-16(21-12)18(19)24)8-13-4-2-6-22(11-13)17(23)10-15-5-3-7-25-15/h3,5,7,9,13H,2,4,6,8,10-11H2,1H3,(H2,19,24)/t13-/m1/s1. The number of hydrogen-bond donors (Lipinski definition) is 1. The summed E-state index contributed by atoms with van der Waals surface area (Å²) in [6, 6.07) is 5.64. The van der Waals surface area contributed by atoms with Gasteiger partial charge in [-0.1, -0.05) is 6.07 Å². The van der Waals surface area contributed by atoms with E-state index in [2.05, 4.69) is 9.97 Å². The second-order valence-electron chi connectivity index (χ2n) is 6.46. The van der Waals surface area contributed by atoms with Crippen LogP contribution in [0.3, 0.4) is 0 Å². The Hall–Kier alpha value is -2.28. The lowest BCUT2D eigenvalue weighted by molar-refractivity contribution is -0.132. The van der Waals surface area contributed by atoms with Crippen molar-refractivity contribution in [3.63, 3.8) is 0 Å². The summed E-state index contributed by atoms with van der Waals surface area (Å²) in [6.45, 7) is 3.31. The molecular formula is C18H22N4O2S. The summed E-state index contributed by atoms with van der Waals surface area (Å²) in [5.41, 5.74) is 6.40. The molecule has 0 saturated carbocycles. The SMILES string of the molecule is Cc1nc(C[C@H]2CCCN(C(=O)Cc3cccs3)C2)cc(C(N)=O)n1. The Morgan fingerprint density at radius 3 is 2.96 bits per heavy atom. The van der Waals surface area contributed by atoms with Gasteiger partial charge in [-0.3, -0.25) is 9.59 Å². The van der Waals surface area contributed by atoms with Crippen LogP contribution in [0.1, 0.15) is 39.7 Å². The van der Waals surface area contributed by atoms with Gasteiger partial charge in [0.25, 0.3) is 5.91 Å². The third kappa shape index (κ3) is 4.63. The maximum Gasteiger partial charge on any atom is 0.267 e. The molecule has 1 saturated heterocycles. The van der Waals surface area contributed by atoms with E-state index in [0.717, 1.165) is 42.9 Å². The average Bonchev–Trinajstić information content (AvgIpc) is 3.07. The van der Waals surface area contributed by atoms with Crippen LogP contribution < -0.4 is 5.73 Å². The molecule has 0 bridgehead atoms. The molecule has 1 aliphatic heterocycles. The highest BCUT2D eigenvalue weighted by Gasteiger charge is 2.24. The summed E-state index contributed by atoms with van der Waals surface area (Å²) in [6.07, 6.45) is 3.25. The zero-order valence-corrected chi connectivity index (χ0v) is 15.1. The number of carbonyl (C=O) groups excluding carboxylic acids is 2. The molecule has 1 fully saturated rings. The van der Waals surface area contributed by atoms with Crippen LogP contribution in [-0.4, -0.2) is 39.8 Å². The van der Waals surface area contributed by atoms with Crippen LogP contribution in [0.4, 0.5) is 0 Å². The second-order valence-corrected chi connectivity index (χ2v) is 7.50. The largest absolute Gasteiger partial charge is 0.364 e. The monoisotopic (exact) mass is 358 g/mol. The van der Waals surface area contributed by atoms with Crippen LogP contribution in [0.5, 0.6) is 0 Å². The smallest absolute Gasteiger partial charge is 0.267 e. The summed E-state index contributed by atoms with van der Waals surface area (Å²) >= 11 is 1.62. The number of aryl methyl sites for hydroxylation is 1. The van der Waals surface area contributed by atoms with Gasteiger partial charge < -0.3 is 10.6 Å². The number of primary amides is 1. The number of nitrogens with two attached hydrogens (primary N) is 1. The second kappa shape index (κ2) is 7.74. The van der Waals surface area contributed by atoms with E-state index in [4.69, 9.17) is 5.73 Å². The summed E-state index contributed by atoms with van der Waals surface area (Å²) in [5, 5.41) is 2.00. The van der Waals surface area contributed by atoms with Crippen molar-refractivity contribution in [2.75, 3.05) is 13.1 Å². The molecule has 0 aromatic carbocycles. The van der Waals surface area contributed by atoms with Gasteiger partial charge in [-0.05, 0) is 49.6 Å². The van der Waals surface area contributed by atoms with Crippen molar-refractivity contribution in [2.24, 2.45) is 11.7 Å². The Balaban J connectivity index is 1.63. The van der Waals surface area contributed by atoms with Gasteiger partial charge in [0, 0.05) is 23.7 Å². The first-order valence-electron chi connectivity index (χ1n) is 8.46. The van der Waals surface area contributed by atoms with Crippen LogP contribution in [0.15, 0.2) is 23.6 Å². The van der Waals surface area contributed by atoms with Crippen molar-refractivity contribution in [1.29, 1.82) is 0 Å². The van der Waals surface area contributed by atoms with Gasteiger partial charge in [0.05, 0.1) is 6.42 Å². The lowest BCUT2D eigenvalue weighted by Gasteiger charge is -2.32. The molecule has 2 amide bonds. The van der Waals surface area contributed by atoms with E-state index in [0.29, 0.717) is 18.2 Å². The van der Waals surface area contributed by atoms with Gasteiger partial charge in [0.2, 0.25) is 5.91 Å². The Morgan fingerprint density at radius 2 is 2.24 bits per heavy atom. The minimum absolute atomic E-state index is 0.184. The van der Waals surface area contributed by atoms with Crippen molar-refractivity contribution in [3.8, 4) is 0 Å². The number of rotatable bonds is 5. The van der Waals surface area contributed by atoms with Crippen molar-refractivity contribution >= 4 is 23.2 Å². The average molecular weight is 358 g/mol. The topological polar surface area (TPSA) is 89.2 Å². The fraction of sp³-hybridized carbons (Fsp3) is 0.444. The molecule has 1 atom stereocenters. The summed E-state index contributed by atoms with van der Waals surface area (Å²) < 4.78 is 0. The van der Waals surface area contributed by atoms with Crippen LogP contribution in [-0.2, 0) is 17.6 Å². The molecule has 2 N–H and O–H groups in total. The van der Waals surface area contributed by atoms with Gasteiger partial charge >= 0.3 is 0 Å². The number of likely N-dealkylation sites (tertiary alicyclic amines) is 1. The van der Waals surface area contributed by atoms with Crippen molar-refractivity contribution < 1.29 is 9.59 Å². The molecule has 0 spiro atoms. The number of amides is 2. The predicted molar refractivity (Wildman–Crippen MR) is 96.3 cm³/mol. The first-order valence-corrected chi connectivity index (χ1v) is 9.33. The molecule has 0 aliphatic carbocycles. The highest BCUT2D eigenvalue weighted by molar-refractivity contribution is 7.10. The van der Waals surface area contributed by atoms with Crippen LogP contribution in [0, 0.1) is 12.8 Å². The molecule has 0 radical (unpaired) electrons. The molecule has 1 aliphatic rings. The fourth-order valence-corrected chi connectivity index (χ4v) is 3.98. The first-order chi connectivity index (χ1) is 12.0. The van der Waals surface area contributed by atoms with Crippen LogP contribution in [0.25, 0.3) is 0 Å². The lowest BCUT2D eigenvalue weighted by Crippen LogP contribution is -2.41. The molecule has 2 aromatic heterocycles. The molecule has 25 heavy (non-hydrogen) atoms. The van der Waals surface area contributed by atoms with E-state index in [9.17, 15) is 9.59 Å². The van der Waals surface area contributed by atoms with E-state index in [1.807, 2.05) is 22.4 Å². The lowest BCUT2D eigenvalue weighted by atomic mass is 9.93. The number of piperidine rings is 1. The minimum atomic E-state index is -0.539. The van der Waals surface area contributed by atoms with Gasteiger partial charge in [-0.2, -0.15) is 0 Å². The molecule has 0 unspecified atom stereocenters. The zero-order valence-electron chi connectivity index (χ0n) is 14.3. The molecule has 3 rings (SSSR count). The molecular weight excluding hydrogens is 336 g/mol. The number of thiophene rings is 1. The number of nitrogens with zero attached hydrogens (tertiary/aromatic N) is 3. The fourth-order valence-electron chi connectivity index (χ4n) is 3.29. The molecule has 3 heterocycles. The quantitative estimate of drug-likeness (QED) is 0.885. The normalized spacial score (nSPS) is 17.5. The van der Waals surface area contributed by atoms with E-state index in [-0.39, 0.29) is 11.6 Å². The summed E-state index contributed by atoms with van der Waals surface area (Å²) in [7, 11) is 0. The molecule has 2 aromatic rings. The number of carbonyl (C=O) groups is 2. The van der Waals surface area contributed by atoms with Crippen LogP contribution in [0.2, 0.25) is 0 Å². The van der Waals surface area contributed by atoms with E-state index < -0.39 is 5.91 Å². The van der Waals surface area contributed by atoms with Crippen molar-refractivity contribution in [3.05, 3.63) is 45.7 Å². The Bertz CT molecular complexity index is 760. The van der Waals surface area contributed by atoms with E-state index in [1.54, 1.807) is 24.3 Å². The Morgan fingerprint density at radius 1 is 1.40 bits per heavy atom. The minimum Gasteiger partial charge on any atom is -0.364 e. The van der Waals surface area contributed by atoms with Gasteiger partial charge in [0.15, 0.2) is 0 Å². The van der Waals surface area contributed by atoms with Crippen molar-refractivity contribution in [2.45, 2.75) is 32.6 Å². The number of aromatic nitrogens is 2. The Labute approximate surface area is 151 Å². The maximum atomic E-state index is 12.5. The third-order valence-electron chi connectivity index (χ3n) is 4.42. The molecule has 6 nitrogen and oxygen atoms in total. The van der Waals surface area contributed by atoms with E-state index in [1.165, 1.54) is 0 Å². The zero-order chi connectivity index (χ0) is 17.8. The highest BCUT2D eigenvalue weighted by atomic mass is 32.1. The van der Waals surface area contributed by atoms with E-state index >= 15 is 0 Å². The predicted octanol–water partition coefficient (Wildman–Crippen LogP) is 1.97. The molecule has 132 valence electrons.